The first-order valence-electron chi connectivity index (χ1n) is 10.2. The molecule has 2 heterocycles. The number of anilines is 1. The van der Waals surface area contributed by atoms with Crippen LogP contribution in [0.25, 0.3) is 16.7 Å². The Kier molecular flexibility index (Phi) is 4.74. The van der Waals surface area contributed by atoms with E-state index in [1.54, 1.807) is 17.9 Å². The number of fused-ring (bicyclic) bond motifs is 1. The number of rotatable bonds is 6. The fourth-order valence-electron chi connectivity index (χ4n) is 3.67. The molecule has 0 atom stereocenters. The molecule has 2 N–H and O–H groups in total. The van der Waals surface area contributed by atoms with Gasteiger partial charge in [-0.15, -0.1) is 0 Å². The van der Waals surface area contributed by atoms with E-state index in [1.165, 1.54) is 0 Å². The fraction of sp³-hybridized carbons (Fsp3) is 0.217. The monoisotopic (exact) mass is 414 g/mol. The molecule has 8 heteroatoms. The highest BCUT2D eigenvalue weighted by atomic mass is 16.1. The van der Waals surface area contributed by atoms with Crippen molar-refractivity contribution in [2.24, 2.45) is 0 Å². The summed E-state index contributed by atoms with van der Waals surface area (Å²) in [7, 11) is 1.61. The lowest BCUT2D eigenvalue weighted by molar-refractivity contribution is 0.0963. The van der Waals surface area contributed by atoms with Gasteiger partial charge in [-0.1, -0.05) is 30.3 Å². The summed E-state index contributed by atoms with van der Waals surface area (Å²) in [4.78, 5) is 34.4. The minimum absolute atomic E-state index is 0.115. The van der Waals surface area contributed by atoms with Crippen molar-refractivity contribution in [1.29, 1.82) is 0 Å². The molecule has 0 saturated heterocycles. The Morgan fingerprint density at radius 1 is 1.16 bits per heavy atom. The molecule has 1 fully saturated rings. The van der Waals surface area contributed by atoms with E-state index in [9.17, 15) is 9.59 Å². The minimum atomic E-state index is -0.206. The Hall–Kier alpha value is -3.94. The topological polar surface area (TPSA) is 95.9 Å². The molecule has 0 unspecified atom stereocenters. The molecule has 156 valence electrons. The molecule has 1 aliphatic carbocycles. The van der Waals surface area contributed by atoms with Crippen LogP contribution in [0.2, 0.25) is 0 Å². The number of nitrogens with one attached hydrogen (secondary N) is 2. The van der Waals surface area contributed by atoms with Crippen molar-refractivity contribution in [3.63, 3.8) is 0 Å². The average molecular weight is 414 g/mol. The number of hydrogen-bond donors (Lipinski definition) is 2. The van der Waals surface area contributed by atoms with Gasteiger partial charge in [-0.05, 0) is 42.7 Å². The summed E-state index contributed by atoms with van der Waals surface area (Å²) in [5.74, 6) is 0.421. The van der Waals surface area contributed by atoms with Gasteiger partial charge in [0.2, 0.25) is 5.95 Å². The maximum atomic E-state index is 12.8. The van der Waals surface area contributed by atoms with Gasteiger partial charge < -0.3 is 10.2 Å². The maximum Gasteiger partial charge on any atom is 0.263 e. The van der Waals surface area contributed by atoms with E-state index in [0.29, 0.717) is 35.1 Å². The Labute approximate surface area is 178 Å². The van der Waals surface area contributed by atoms with Crippen LogP contribution in [0.15, 0.2) is 65.6 Å². The molecule has 1 saturated carbocycles. The van der Waals surface area contributed by atoms with Crippen molar-refractivity contribution < 1.29 is 4.79 Å². The number of para-hydroxylation sites is 1. The van der Waals surface area contributed by atoms with Gasteiger partial charge in [-0.25, -0.2) is 4.68 Å². The molecule has 1 aliphatic rings. The van der Waals surface area contributed by atoms with Gasteiger partial charge in [0.05, 0.1) is 11.9 Å². The predicted octanol–water partition coefficient (Wildman–Crippen LogP) is 2.64. The quantitative estimate of drug-likeness (QED) is 0.506. The van der Waals surface area contributed by atoms with Gasteiger partial charge in [0.1, 0.15) is 5.39 Å². The van der Waals surface area contributed by atoms with Gasteiger partial charge in [-0.3, -0.25) is 14.6 Å². The molecule has 0 spiro atoms. The van der Waals surface area contributed by atoms with E-state index in [2.05, 4.69) is 20.3 Å². The molecule has 31 heavy (non-hydrogen) atoms. The largest absolute Gasteiger partial charge is 0.355 e. The van der Waals surface area contributed by atoms with E-state index in [-0.39, 0.29) is 11.5 Å². The summed E-state index contributed by atoms with van der Waals surface area (Å²) in [5, 5.41) is 7.47. The van der Waals surface area contributed by atoms with Gasteiger partial charge in [0, 0.05) is 25.2 Å². The second kappa shape index (κ2) is 7.71. The first-order chi connectivity index (χ1) is 15.1. The lowest BCUT2D eigenvalue weighted by Crippen LogP contribution is -2.29. The highest BCUT2D eigenvalue weighted by Gasteiger charge is 2.31. The summed E-state index contributed by atoms with van der Waals surface area (Å²) in [6.45, 7) is 0.590. The Morgan fingerprint density at radius 3 is 2.58 bits per heavy atom. The number of hydrogen-bond acceptors (Lipinski definition) is 5. The third-order valence-corrected chi connectivity index (χ3v) is 5.48. The third kappa shape index (κ3) is 3.68. The van der Waals surface area contributed by atoms with Crippen molar-refractivity contribution in [1.82, 2.24) is 25.1 Å². The molecule has 2 aromatic heterocycles. The fourth-order valence-corrected chi connectivity index (χ4v) is 3.67. The molecule has 4 aromatic rings. The molecule has 2 aromatic carbocycles. The van der Waals surface area contributed by atoms with Crippen LogP contribution in [0, 0.1) is 0 Å². The Balaban J connectivity index is 1.51. The van der Waals surface area contributed by atoms with E-state index in [0.717, 1.165) is 24.1 Å². The molecule has 5 rings (SSSR count). The number of aromatic nitrogens is 4. The van der Waals surface area contributed by atoms with Crippen molar-refractivity contribution in [2.75, 3.05) is 11.9 Å². The van der Waals surface area contributed by atoms with Crippen molar-refractivity contribution in [3.8, 4) is 5.69 Å². The Morgan fingerprint density at radius 2 is 1.90 bits per heavy atom. The van der Waals surface area contributed by atoms with Crippen LogP contribution in [0.5, 0.6) is 0 Å². The van der Waals surface area contributed by atoms with Gasteiger partial charge in [-0.2, -0.15) is 10.1 Å². The number of benzene rings is 2. The predicted molar refractivity (Wildman–Crippen MR) is 119 cm³/mol. The van der Waals surface area contributed by atoms with Gasteiger partial charge >= 0.3 is 0 Å². The van der Waals surface area contributed by atoms with Crippen molar-refractivity contribution >= 4 is 22.9 Å². The van der Waals surface area contributed by atoms with Crippen LogP contribution in [0.4, 0.5) is 5.95 Å². The SMILES string of the molecule is CNC(=O)c1ccc(CN(c2nc3c(cnn3-c3ccccc3)c(=O)[nH]2)C2CC2)cc1. The standard InChI is InChI=1S/C23H22N6O2/c1-24-21(30)16-9-7-15(8-10-16)14-28(17-11-12-17)23-26-20-19(22(31)27-23)13-25-29(20)18-5-3-2-4-6-18/h2-10,13,17H,11-12,14H2,1H3,(H,24,30)(H,26,27,31). The van der Waals surface area contributed by atoms with E-state index < -0.39 is 0 Å². The minimum Gasteiger partial charge on any atom is -0.355 e. The second-order valence-electron chi connectivity index (χ2n) is 7.65. The summed E-state index contributed by atoms with van der Waals surface area (Å²) in [6.07, 6.45) is 3.66. The number of nitrogens with zero attached hydrogens (tertiary/aromatic N) is 4. The van der Waals surface area contributed by atoms with Crippen LogP contribution in [-0.2, 0) is 6.54 Å². The normalized spacial score (nSPS) is 13.3. The van der Waals surface area contributed by atoms with E-state index in [4.69, 9.17) is 4.98 Å². The van der Waals surface area contributed by atoms with E-state index in [1.807, 2.05) is 54.6 Å². The summed E-state index contributed by atoms with van der Waals surface area (Å²) in [5.41, 5.74) is 2.83. The lowest BCUT2D eigenvalue weighted by Gasteiger charge is -2.23. The average Bonchev–Trinajstić information content (AvgIpc) is 3.56. The summed E-state index contributed by atoms with van der Waals surface area (Å²) in [6, 6.07) is 17.5. The van der Waals surface area contributed by atoms with Crippen LogP contribution in [0.1, 0.15) is 28.8 Å². The summed E-state index contributed by atoms with van der Waals surface area (Å²) < 4.78 is 1.69. The van der Waals surface area contributed by atoms with Crippen molar-refractivity contribution in [2.45, 2.75) is 25.4 Å². The second-order valence-corrected chi connectivity index (χ2v) is 7.65. The molecule has 0 bridgehead atoms. The smallest absolute Gasteiger partial charge is 0.263 e. The van der Waals surface area contributed by atoms with Gasteiger partial charge in [0.25, 0.3) is 11.5 Å². The number of H-pyrrole nitrogens is 1. The Bertz CT molecular complexity index is 1290. The number of carbonyl (C=O) groups is 1. The van der Waals surface area contributed by atoms with Crippen LogP contribution in [0.3, 0.4) is 0 Å². The number of carbonyl (C=O) groups excluding carboxylic acids is 1. The zero-order chi connectivity index (χ0) is 21.4. The van der Waals surface area contributed by atoms with Crippen LogP contribution < -0.4 is 15.8 Å². The highest BCUT2D eigenvalue weighted by Crippen LogP contribution is 2.31. The zero-order valence-electron chi connectivity index (χ0n) is 17.1. The molecular weight excluding hydrogens is 392 g/mol. The zero-order valence-corrected chi connectivity index (χ0v) is 17.1. The first kappa shape index (κ1) is 19.0. The van der Waals surface area contributed by atoms with Crippen LogP contribution >= 0.6 is 0 Å². The number of amides is 1. The first-order valence-corrected chi connectivity index (χ1v) is 10.2. The maximum absolute atomic E-state index is 12.8. The van der Waals surface area contributed by atoms with Crippen LogP contribution in [-0.4, -0.2) is 38.7 Å². The third-order valence-electron chi connectivity index (χ3n) is 5.48. The molecule has 0 radical (unpaired) electrons. The molecule has 1 amide bonds. The van der Waals surface area contributed by atoms with E-state index >= 15 is 0 Å². The lowest BCUT2D eigenvalue weighted by atomic mass is 10.1. The molecule has 8 nitrogen and oxygen atoms in total. The molecule has 0 aliphatic heterocycles. The number of aromatic amines is 1. The molecular formula is C23H22N6O2. The van der Waals surface area contributed by atoms with Gasteiger partial charge in [0.15, 0.2) is 5.65 Å². The summed E-state index contributed by atoms with van der Waals surface area (Å²) >= 11 is 0. The highest BCUT2D eigenvalue weighted by molar-refractivity contribution is 5.93. The van der Waals surface area contributed by atoms with Crippen molar-refractivity contribution in [3.05, 3.63) is 82.3 Å².